The molecule has 1 aromatic heterocycles. The lowest BCUT2D eigenvalue weighted by Gasteiger charge is -2.30. The fourth-order valence-electron chi connectivity index (χ4n) is 2.14. The smallest absolute Gasteiger partial charge is 0.358 e. The highest BCUT2D eigenvalue weighted by molar-refractivity contribution is 6.30. The second kappa shape index (κ2) is 8.96. The van der Waals surface area contributed by atoms with Crippen molar-refractivity contribution in [1.29, 1.82) is 0 Å². The normalized spacial score (nSPS) is 13.3. The van der Waals surface area contributed by atoms with E-state index in [1.165, 1.54) is 6.33 Å². The number of hydrogen-bond donors (Lipinski definition) is 2. The van der Waals surface area contributed by atoms with Crippen LogP contribution in [0.4, 0.5) is 23.4 Å². The molecule has 2 aromatic rings. The Morgan fingerprint density at radius 2 is 1.81 bits per heavy atom. The molecule has 27 heavy (non-hydrogen) atoms. The molecule has 11 heteroatoms. The van der Waals surface area contributed by atoms with Crippen molar-refractivity contribution in [2.45, 2.75) is 12.8 Å². The van der Waals surface area contributed by atoms with E-state index in [1.54, 1.807) is 29.2 Å². The zero-order valence-electron chi connectivity index (χ0n) is 13.8. The van der Waals surface area contributed by atoms with Crippen LogP contribution in [0, 0.1) is 5.82 Å². The highest BCUT2D eigenvalue weighted by atomic mass is 35.5. The minimum absolute atomic E-state index is 0.0218. The fourth-order valence-corrected chi connectivity index (χ4v) is 2.26. The zero-order valence-corrected chi connectivity index (χ0v) is 14.6. The Morgan fingerprint density at radius 3 is 2.33 bits per heavy atom. The van der Waals surface area contributed by atoms with Crippen molar-refractivity contribution in [3.63, 3.8) is 0 Å². The number of carbonyl (C=O) groups is 1. The first-order valence-corrected chi connectivity index (χ1v) is 8.10. The number of carbonyl (C=O) groups excluding carboxylic acids is 1. The monoisotopic (exact) mass is 406 g/mol. The third-order valence-electron chi connectivity index (χ3n) is 3.52. The standard InChI is InChI=1S/C15H14ClFN4O.CHF3O/c16-11-4-2-10(3-5-11)14-13(17)15(20-9-19-14)18-8-12(22)21-6-1-7-21;2-1(3,4)5/h2-5,9H,1,6-8H2,(H,18,19,20);5H. The summed E-state index contributed by atoms with van der Waals surface area (Å²) in [6.45, 7) is 1.56. The van der Waals surface area contributed by atoms with Gasteiger partial charge in [0.2, 0.25) is 5.91 Å². The van der Waals surface area contributed by atoms with Gasteiger partial charge in [0, 0.05) is 23.7 Å². The van der Waals surface area contributed by atoms with Gasteiger partial charge in [-0.05, 0) is 18.6 Å². The Kier molecular flexibility index (Phi) is 6.92. The average molecular weight is 407 g/mol. The van der Waals surface area contributed by atoms with Gasteiger partial charge in [-0.1, -0.05) is 23.7 Å². The molecule has 6 nitrogen and oxygen atoms in total. The number of hydrogen-bond acceptors (Lipinski definition) is 5. The first kappa shape index (κ1) is 20.8. The molecule has 2 N–H and O–H groups in total. The Hall–Kier alpha value is -2.46. The zero-order chi connectivity index (χ0) is 20.0. The summed E-state index contributed by atoms with van der Waals surface area (Å²) in [6.07, 6.45) is -2.71. The molecule has 0 bridgehead atoms. The van der Waals surface area contributed by atoms with E-state index >= 15 is 0 Å². The lowest BCUT2D eigenvalue weighted by Crippen LogP contribution is -2.44. The molecule has 1 amide bonds. The number of amides is 1. The molecule has 0 aliphatic carbocycles. The van der Waals surface area contributed by atoms with Gasteiger partial charge in [-0.15, -0.1) is 13.2 Å². The van der Waals surface area contributed by atoms with Crippen LogP contribution in [0.5, 0.6) is 0 Å². The summed E-state index contributed by atoms with van der Waals surface area (Å²) in [5.41, 5.74) is 0.770. The predicted octanol–water partition coefficient (Wildman–Crippen LogP) is 3.08. The van der Waals surface area contributed by atoms with Crippen LogP contribution in [0.15, 0.2) is 30.6 Å². The van der Waals surface area contributed by atoms with Crippen LogP contribution in [0.1, 0.15) is 6.42 Å². The van der Waals surface area contributed by atoms with E-state index in [0.29, 0.717) is 10.6 Å². The van der Waals surface area contributed by atoms with Crippen molar-refractivity contribution in [3.05, 3.63) is 41.4 Å². The van der Waals surface area contributed by atoms with Crippen molar-refractivity contribution < 1.29 is 27.5 Å². The Morgan fingerprint density at radius 1 is 1.22 bits per heavy atom. The summed E-state index contributed by atoms with van der Waals surface area (Å²) in [5, 5.41) is 9.83. The maximum Gasteiger partial charge on any atom is 0.519 e. The summed E-state index contributed by atoms with van der Waals surface area (Å²) in [6, 6.07) is 6.70. The molecular weight excluding hydrogens is 392 g/mol. The van der Waals surface area contributed by atoms with Crippen molar-refractivity contribution in [2.24, 2.45) is 0 Å². The Labute approximate surface area is 156 Å². The van der Waals surface area contributed by atoms with Crippen LogP contribution in [0.2, 0.25) is 5.02 Å². The van der Waals surface area contributed by atoms with Gasteiger partial charge in [-0.3, -0.25) is 4.79 Å². The predicted molar refractivity (Wildman–Crippen MR) is 90.4 cm³/mol. The van der Waals surface area contributed by atoms with E-state index in [-0.39, 0.29) is 24.0 Å². The lowest BCUT2D eigenvalue weighted by molar-refractivity contribution is -0.295. The molecule has 146 valence electrons. The van der Waals surface area contributed by atoms with Crippen LogP contribution in [0.3, 0.4) is 0 Å². The Balaban J connectivity index is 0.000000465. The number of aliphatic hydroxyl groups is 1. The van der Waals surface area contributed by atoms with Crippen molar-refractivity contribution in [3.8, 4) is 11.3 Å². The van der Waals surface area contributed by atoms with Crippen molar-refractivity contribution in [1.82, 2.24) is 14.9 Å². The van der Waals surface area contributed by atoms with Crippen LogP contribution >= 0.6 is 11.6 Å². The largest absolute Gasteiger partial charge is 0.519 e. The van der Waals surface area contributed by atoms with E-state index in [4.69, 9.17) is 16.7 Å². The Bertz CT molecular complexity index is 777. The summed E-state index contributed by atoms with van der Waals surface area (Å²) in [7, 11) is 0. The number of halogens is 5. The number of nitrogens with zero attached hydrogens (tertiary/aromatic N) is 3. The number of rotatable bonds is 4. The number of anilines is 1. The SMILES string of the molecule is O=C(CNc1ncnc(-c2ccc(Cl)cc2)c1F)N1CCC1.OC(F)(F)F. The van der Waals surface area contributed by atoms with Crippen molar-refractivity contribution >= 4 is 23.3 Å². The van der Waals surface area contributed by atoms with E-state index in [0.717, 1.165) is 19.5 Å². The molecule has 1 aliphatic rings. The number of nitrogens with one attached hydrogen (secondary N) is 1. The first-order chi connectivity index (χ1) is 12.6. The molecule has 1 aliphatic heterocycles. The van der Waals surface area contributed by atoms with Gasteiger partial charge < -0.3 is 15.3 Å². The van der Waals surface area contributed by atoms with Crippen LogP contribution in [-0.4, -0.2) is 51.9 Å². The molecule has 1 aromatic carbocycles. The highest BCUT2D eigenvalue weighted by Crippen LogP contribution is 2.25. The molecule has 0 atom stereocenters. The van der Waals surface area contributed by atoms with E-state index in [9.17, 15) is 22.4 Å². The molecule has 0 saturated carbocycles. The second-order valence-electron chi connectivity index (χ2n) is 5.45. The number of alkyl halides is 3. The molecule has 0 spiro atoms. The van der Waals surface area contributed by atoms with Crippen LogP contribution in [-0.2, 0) is 4.79 Å². The maximum atomic E-state index is 14.5. The highest BCUT2D eigenvalue weighted by Gasteiger charge is 2.21. The minimum atomic E-state index is -5.00. The average Bonchev–Trinajstić information content (AvgIpc) is 2.52. The molecule has 1 saturated heterocycles. The van der Waals surface area contributed by atoms with E-state index in [2.05, 4.69) is 15.3 Å². The lowest BCUT2D eigenvalue weighted by atomic mass is 10.1. The number of aromatic nitrogens is 2. The quantitative estimate of drug-likeness (QED) is 0.763. The number of likely N-dealkylation sites (tertiary alicyclic amines) is 1. The van der Waals surface area contributed by atoms with Crippen LogP contribution < -0.4 is 5.32 Å². The molecule has 3 rings (SSSR count). The van der Waals surface area contributed by atoms with Gasteiger partial charge in [0.25, 0.3) is 0 Å². The third-order valence-corrected chi connectivity index (χ3v) is 3.77. The van der Waals surface area contributed by atoms with E-state index in [1.807, 2.05) is 0 Å². The summed E-state index contributed by atoms with van der Waals surface area (Å²) >= 11 is 5.82. The van der Waals surface area contributed by atoms with E-state index < -0.39 is 12.2 Å². The molecule has 0 unspecified atom stereocenters. The summed E-state index contributed by atoms with van der Waals surface area (Å²) in [5.74, 6) is -0.618. The van der Waals surface area contributed by atoms with Crippen LogP contribution in [0.25, 0.3) is 11.3 Å². The molecule has 2 heterocycles. The molecular formula is C16H15ClF4N4O2. The van der Waals surface area contributed by atoms with Gasteiger partial charge >= 0.3 is 6.36 Å². The first-order valence-electron chi connectivity index (χ1n) is 7.72. The van der Waals surface area contributed by atoms with Gasteiger partial charge in [-0.25, -0.2) is 14.4 Å². The molecule has 1 fully saturated rings. The topological polar surface area (TPSA) is 78.4 Å². The third kappa shape index (κ3) is 6.65. The second-order valence-corrected chi connectivity index (χ2v) is 5.88. The fraction of sp³-hybridized carbons (Fsp3) is 0.312. The van der Waals surface area contributed by atoms with Gasteiger partial charge in [0.15, 0.2) is 11.6 Å². The van der Waals surface area contributed by atoms with Gasteiger partial charge in [0.1, 0.15) is 12.0 Å². The number of benzene rings is 1. The summed E-state index contributed by atoms with van der Waals surface area (Å²) < 4.78 is 44.2. The van der Waals surface area contributed by atoms with Gasteiger partial charge in [0.05, 0.1) is 6.54 Å². The minimum Gasteiger partial charge on any atom is -0.358 e. The maximum absolute atomic E-state index is 14.5. The molecule has 0 radical (unpaired) electrons. The summed E-state index contributed by atoms with van der Waals surface area (Å²) in [4.78, 5) is 21.3. The van der Waals surface area contributed by atoms with Gasteiger partial charge in [-0.2, -0.15) is 0 Å². The van der Waals surface area contributed by atoms with Crippen molar-refractivity contribution in [2.75, 3.05) is 25.0 Å².